The van der Waals surface area contributed by atoms with E-state index in [9.17, 15) is 4.79 Å². The van der Waals surface area contributed by atoms with Gasteiger partial charge in [0.15, 0.2) is 0 Å². The fourth-order valence-corrected chi connectivity index (χ4v) is 2.83. The number of rotatable bonds is 6. The van der Waals surface area contributed by atoms with Gasteiger partial charge < -0.3 is 20.0 Å². The fraction of sp³-hybridized carbons (Fsp3) is 0.333. The first kappa shape index (κ1) is 17.2. The molecule has 2 aromatic rings. The van der Waals surface area contributed by atoms with E-state index in [1.165, 1.54) is 0 Å². The number of hydrogen-bond donors (Lipinski definition) is 2. The molecule has 0 aliphatic carbocycles. The van der Waals surface area contributed by atoms with Crippen LogP contribution in [0.1, 0.15) is 0 Å². The van der Waals surface area contributed by atoms with Crippen molar-refractivity contribution in [3.05, 3.63) is 36.4 Å². The molecule has 0 radical (unpaired) electrons. The molecule has 3 rings (SSSR count). The number of nitrogens with one attached hydrogen (secondary N) is 1. The first-order valence-electron chi connectivity index (χ1n) is 8.21. The highest BCUT2D eigenvalue weighted by Gasteiger charge is 2.12. The first-order chi connectivity index (χ1) is 12.3. The number of carbonyl (C=O) groups excluding carboxylic acids is 1. The van der Waals surface area contributed by atoms with E-state index < -0.39 is 5.91 Å². The molecule has 0 atom stereocenters. The van der Waals surface area contributed by atoms with E-state index in [4.69, 9.17) is 14.7 Å². The van der Waals surface area contributed by atoms with E-state index in [0.717, 1.165) is 55.6 Å². The number of hydrogen-bond acceptors (Lipinski definition) is 6. The lowest BCUT2D eigenvalue weighted by Gasteiger charge is -2.26. The molecule has 25 heavy (non-hydrogen) atoms. The topological polar surface area (TPSA) is 83.4 Å². The van der Waals surface area contributed by atoms with Crippen molar-refractivity contribution in [2.24, 2.45) is 5.16 Å². The van der Waals surface area contributed by atoms with Crippen LogP contribution in [-0.4, -0.2) is 61.7 Å². The van der Waals surface area contributed by atoms with Gasteiger partial charge in [-0.05, 0) is 12.1 Å². The molecule has 0 saturated carbocycles. The lowest BCUT2D eigenvalue weighted by atomic mass is 10.1. The number of oxime groups is 1. The molecule has 1 amide bonds. The summed E-state index contributed by atoms with van der Waals surface area (Å²) in [7, 11) is 0. The molecular formula is C18H21N3O4. The van der Waals surface area contributed by atoms with Gasteiger partial charge in [-0.1, -0.05) is 29.4 Å². The van der Waals surface area contributed by atoms with Crippen molar-refractivity contribution in [3.8, 4) is 5.75 Å². The predicted molar refractivity (Wildman–Crippen MR) is 95.6 cm³/mol. The van der Waals surface area contributed by atoms with Crippen molar-refractivity contribution >= 4 is 28.6 Å². The van der Waals surface area contributed by atoms with Gasteiger partial charge in [0.2, 0.25) is 0 Å². The Morgan fingerprint density at radius 3 is 2.76 bits per heavy atom. The first-order valence-corrected chi connectivity index (χ1v) is 8.21. The lowest BCUT2D eigenvalue weighted by Crippen LogP contribution is -2.38. The van der Waals surface area contributed by atoms with Crippen LogP contribution in [0.25, 0.3) is 10.8 Å². The van der Waals surface area contributed by atoms with Gasteiger partial charge in [-0.25, -0.2) is 0 Å². The van der Waals surface area contributed by atoms with Crippen LogP contribution in [0.4, 0.5) is 5.69 Å². The number of carbonyl (C=O) groups is 1. The Hall–Kier alpha value is -2.64. The highest BCUT2D eigenvalue weighted by molar-refractivity contribution is 6.32. The van der Waals surface area contributed by atoms with E-state index in [-0.39, 0.29) is 0 Å². The number of amides is 1. The Kier molecular flexibility index (Phi) is 5.81. The second-order valence-corrected chi connectivity index (χ2v) is 5.69. The van der Waals surface area contributed by atoms with E-state index in [0.29, 0.717) is 12.3 Å². The molecule has 0 aromatic heterocycles. The predicted octanol–water partition coefficient (Wildman–Crippen LogP) is 1.95. The minimum absolute atomic E-state index is 0.492. The monoisotopic (exact) mass is 343 g/mol. The van der Waals surface area contributed by atoms with Gasteiger partial charge in [-0.2, -0.15) is 0 Å². The maximum Gasteiger partial charge on any atom is 0.270 e. The zero-order valence-electron chi connectivity index (χ0n) is 13.9. The summed E-state index contributed by atoms with van der Waals surface area (Å²) in [6.07, 6.45) is 0.821. The molecule has 2 N–H and O–H groups in total. The number of nitrogens with zero attached hydrogens (tertiary/aromatic N) is 2. The average Bonchev–Trinajstić information content (AvgIpc) is 2.64. The molecule has 132 valence electrons. The average molecular weight is 343 g/mol. The Bertz CT molecular complexity index is 757. The van der Waals surface area contributed by atoms with E-state index in [1.54, 1.807) is 6.07 Å². The van der Waals surface area contributed by atoms with Gasteiger partial charge in [-0.3, -0.25) is 9.69 Å². The fourth-order valence-electron chi connectivity index (χ4n) is 2.83. The molecular weight excluding hydrogens is 322 g/mol. The molecule has 7 nitrogen and oxygen atoms in total. The minimum Gasteiger partial charge on any atom is -0.492 e. The summed E-state index contributed by atoms with van der Waals surface area (Å²) in [5, 5.41) is 15.7. The molecule has 1 heterocycles. The van der Waals surface area contributed by atoms with E-state index in [2.05, 4.69) is 15.4 Å². The second-order valence-electron chi connectivity index (χ2n) is 5.69. The zero-order valence-corrected chi connectivity index (χ0v) is 13.9. The van der Waals surface area contributed by atoms with E-state index in [1.807, 2.05) is 30.3 Å². The van der Waals surface area contributed by atoms with Crippen molar-refractivity contribution < 1.29 is 19.5 Å². The molecule has 1 aliphatic rings. The number of fused-ring (bicyclic) bond motifs is 1. The molecule has 1 fully saturated rings. The van der Waals surface area contributed by atoms with E-state index >= 15 is 0 Å². The van der Waals surface area contributed by atoms with Crippen LogP contribution < -0.4 is 10.1 Å². The van der Waals surface area contributed by atoms with Gasteiger partial charge >= 0.3 is 0 Å². The van der Waals surface area contributed by atoms with Gasteiger partial charge in [0, 0.05) is 36.1 Å². The highest BCUT2D eigenvalue weighted by Crippen LogP contribution is 2.31. The van der Waals surface area contributed by atoms with Crippen molar-refractivity contribution in [2.75, 3.05) is 44.8 Å². The van der Waals surface area contributed by atoms with Crippen LogP contribution in [0.5, 0.6) is 5.75 Å². The van der Waals surface area contributed by atoms with Gasteiger partial charge in [-0.15, -0.1) is 0 Å². The molecule has 1 saturated heterocycles. The summed E-state index contributed by atoms with van der Waals surface area (Å²) in [5.74, 6) is 0.284. The van der Waals surface area contributed by atoms with Crippen LogP contribution in [0, 0.1) is 0 Å². The van der Waals surface area contributed by atoms with Crippen LogP contribution in [0.2, 0.25) is 0 Å². The Morgan fingerprint density at radius 2 is 2.00 bits per heavy atom. The largest absolute Gasteiger partial charge is 0.492 e. The molecule has 0 spiro atoms. The number of morpholine rings is 1. The number of benzene rings is 2. The maximum absolute atomic E-state index is 11.6. The van der Waals surface area contributed by atoms with Crippen LogP contribution in [0.15, 0.2) is 41.6 Å². The molecule has 2 aromatic carbocycles. The van der Waals surface area contributed by atoms with Crippen molar-refractivity contribution in [1.29, 1.82) is 0 Å². The minimum atomic E-state index is -0.492. The van der Waals surface area contributed by atoms with Crippen LogP contribution >= 0.6 is 0 Å². The second kappa shape index (κ2) is 8.46. The van der Waals surface area contributed by atoms with Crippen molar-refractivity contribution in [2.45, 2.75) is 0 Å². The Labute approximate surface area is 145 Å². The SMILES string of the molecule is O=C(/C=N\O)Nc1ccc(OCCN2CCOCC2)c2ccccc12. The third-order valence-corrected chi connectivity index (χ3v) is 4.09. The third-order valence-electron chi connectivity index (χ3n) is 4.09. The standard InChI is InChI=1S/C18H21N3O4/c22-18(13-19-23)20-16-5-6-17(15-4-2-1-3-14(15)16)25-12-9-21-7-10-24-11-8-21/h1-6,13,23H,7-12H2,(H,20,22)/b19-13-. The Morgan fingerprint density at radius 1 is 1.24 bits per heavy atom. The summed E-state index contributed by atoms with van der Waals surface area (Å²) in [6, 6.07) is 11.3. The maximum atomic E-state index is 11.6. The van der Waals surface area contributed by atoms with Gasteiger partial charge in [0.05, 0.1) is 13.2 Å². The quantitative estimate of drug-likeness (QED) is 0.476. The zero-order chi connectivity index (χ0) is 17.5. The normalized spacial score (nSPS) is 15.5. The van der Waals surface area contributed by atoms with Crippen LogP contribution in [0.3, 0.4) is 0 Å². The van der Waals surface area contributed by atoms with Crippen molar-refractivity contribution in [1.82, 2.24) is 4.90 Å². The van der Waals surface area contributed by atoms with Gasteiger partial charge in [0.1, 0.15) is 18.6 Å². The third kappa shape index (κ3) is 4.46. The summed E-state index contributed by atoms with van der Waals surface area (Å²) in [6.45, 7) is 4.85. The highest BCUT2D eigenvalue weighted by atomic mass is 16.5. The lowest BCUT2D eigenvalue weighted by molar-refractivity contribution is -0.110. The molecule has 0 bridgehead atoms. The summed E-state index contributed by atoms with van der Waals surface area (Å²) >= 11 is 0. The number of anilines is 1. The van der Waals surface area contributed by atoms with Crippen LogP contribution in [-0.2, 0) is 9.53 Å². The van der Waals surface area contributed by atoms with Crippen molar-refractivity contribution in [3.63, 3.8) is 0 Å². The van der Waals surface area contributed by atoms with Gasteiger partial charge in [0.25, 0.3) is 5.91 Å². The summed E-state index contributed by atoms with van der Waals surface area (Å²) < 4.78 is 11.3. The number of ether oxygens (including phenoxy) is 2. The summed E-state index contributed by atoms with van der Waals surface area (Å²) in [4.78, 5) is 13.9. The summed E-state index contributed by atoms with van der Waals surface area (Å²) in [5.41, 5.74) is 0.640. The Balaban J connectivity index is 1.72. The smallest absolute Gasteiger partial charge is 0.270 e. The molecule has 0 unspecified atom stereocenters. The molecule has 7 heteroatoms. The molecule has 1 aliphatic heterocycles.